The van der Waals surface area contributed by atoms with Crippen molar-refractivity contribution in [2.45, 2.75) is 62.9 Å². The van der Waals surface area contributed by atoms with Crippen molar-refractivity contribution in [1.82, 2.24) is 4.90 Å². The van der Waals surface area contributed by atoms with Gasteiger partial charge in [-0.3, -0.25) is 9.59 Å². The van der Waals surface area contributed by atoms with Crippen LogP contribution in [0.4, 0.5) is 0 Å². The summed E-state index contributed by atoms with van der Waals surface area (Å²) >= 11 is 0. The minimum absolute atomic E-state index is 0.772. The van der Waals surface area contributed by atoms with Gasteiger partial charge in [-0.1, -0.05) is 49.6 Å². The minimum atomic E-state index is -2.74. The molecule has 2 rings (SSSR count). The number of aliphatic hydroxyl groups is 1. The summed E-state index contributed by atoms with van der Waals surface area (Å²) in [5, 5.41) is 33.8. The van der Waals surface area contributed by atoms with Crippen LogP contribution in [0.25, 0.3) is 0 Å². The van der Waals surface area contributed by atoms with Crippen LogP contribution in [0.2, 0.25) is 0 Å². The number of carbonyl (C=O) groups is 3. The van der Waals surface area contributed by atoms with E-state index in [2.05, 4.69) is 49.3 Å². The molecule has 4 N–H and O–H groups in total. The second kappa shape index (κ2) is 13.1. The van der Waals surface area contributed by atoms with Crippen molar-refractivity contribution in [3.63, 3.8) is 0 Å². The maximum absolute atomic E-state index is 10.3. The Kier molecular flexibility index (Phi) is 11.2. The molecular formula is C23H35NO7. The van der Waals surface area contributed by atoms with E-state index in [1.807, 2.05) is 0 Å². The second-order valence-corrected chi connectivity index (χ2v) is 8.48. The lowest BCUT2D eigenvalue weighted by atomic mass is 9.75. The SMILES string of the molecule is CN(C)CC[C@@H](c1ccccc1)C1CCCCC1.O=C(O)CC(O)(CC(=O)O)C(=O)O. The molecule has 1 aromatic carbocycles. The van der Waals surface area contributed by atoms with E-state index in [0.29, 0.717) is 0 Å². The van der Waals surface area contributed by atoms with Crippen LogP contribution < -0.4 is 0 Å². The Morgan fingerprint density at radius 2 is 1.48 bits per heavy atom. The molecule has 0 radical (unpaired) electrons. The summed E-state index contributed by atoms with van der Waals surface area (Å²) in [6.07, 6.45) is 6.22. The molecule has 1 aliphatic rings. The first-order valence-electron chi connectivity index (χ1n) is 10.6. The van der Waals surface area contributed by atoms with Crippen molar-refractivity contribution in [1.29, 1.82) is 0 Å². The van der Waals surface area contributed by atoms with E-state index in [-0.39, 0.29) is 0 Å². The summed E-state index contributed by atoms with van der Waals surface area (Å²) in [4.78, 5) is 32.8. The van der Waals surface area contributed by atoms with E-state index in [9.17, 15) is 14.4 Å². The normalized spacial score (nSPS) is 15.6. The Labute approximate surface area is 183 Å². The number of carboxylic acid groups (broad SMARTS) is 3. The van der Waals surface area contributed by atoms with E-state index in [1.165, 1.54) is 45.1 Å². The van der Waals surface area contributed by atoms with Crippen molar-refractivity contribution in [2.24, 2.45) is 5.92 Å². The molecule has 0 bridgehead atoms. The lowest BCUT2D eigenvalue weighted by Crippen LogP contribution is -2.42. The number of rotatable bonds is 10. The fourth-order valence-electron chi connectivity index (χ4n) is 4.02. The summed E-state index contributed by atoms with van der Waals surface area (Å²) in [6, 6.07) is 11.2. The molecule has 0 heterocycles. The van der Waals surface area contributed by atoms with Crippen molar-refractivity contribution >= 4 is 17.9 Å². The molecular weight excluding hydrogens is 402 g/mol. The molecule has 1 saturated carbocycles. The third-order valence-electron chi connectivity index (χ3n) is 5.62. The maximum atomic E-state index is 10.3. The summed E-state index contributed by atoms with van der Waals surface area (Å²) in [5.41, 5.74) is -1.18. The zero-order chi connectivity index (χ0) is 23.4. The quantitative estimate of drug-likeness (QED) is 0.439. The second-order valence-electron chi connectivity index (χ2n) is 8.48. The van der Waals surface area contributed by atoms with E-state index >= 15 is 0 Å². The highest BCUT2D eigenvalue weighted by Crippen LogP contribution is 2.38. The van der Waals surface area contributed by atoms with Crippen LogP contribution in [0.15, 0.2) is 30.3 Å². The standard InChI is InChI=1S/C17H27N.C6H8O7/c1-18(2)14-13-17(15-9-5-3-6-10-15)16-11-7-4-8-12-16;7-3(8)1-6(13,5(11)12)2-4(9)10/h3,5-6,9-10,16-17H,4,7-8,11-14H2,1-2H3;13H,1-2H2,(H,7,8)(H,9,10)(H,11,12)/t17-;/m0./s1. The fraction of sp³-hybridized carbons (Fsp3) is 0.609. The van der Waals surface area contributed by atoms with Gasteiger partial charge < -0.3 is 25.3 Å². The van der Waals surface area contributed by atoms with Gasteiger partial charge in [0.05, 0.1) is 12.8 Å². The molecule has 1 fully saturated rings. The van der Waals surface area contributed by atoms with E-state index in [0.717, 1.165) is 11.8 Å². The molecule has 8 heteroatoms. The summed E-state index contributed by atoms with van der Waals surface area (Å²) < 4.78 is 0. The average Bonchev–Trinajstić information content (AvgIpc) is 2.69. The Morgan fingerprint density at radius 3 is 1.90 bits per heavy atom. The van der Waals surface area contributed by atoms with Crippen LogP contribution in [-0.2, 0) is 14.4 Å². The Morgan fingerprint density at radius 1 is 0.968 bits per heavy atom. The predicted octanol–water partition coefficient (Wildman–Crippen LogP) is 3.05. The molecule has 174 valence electrons. The van der Waals surface area contributed by atoms with Gasteiger partial charge >= 0.3 is 17.9 Å². The Bertz CT molecular complexity index is 683. The highest BCUT2D eigenvalue weighted by molar-refractivity contribution is 5.88. The first-order chi connectivity index (χ1) is 14.5. The average molecular weight is 438 g/mol. The molecule has 0 amide bonds. The Hall–Kier alpha value is -2.45. The number of hydrogen-bond acceptors (Lipinski definition) is 5. The minimum Gasteiger partial charge on any atom is -0.481 e. The highest BCUT2D eigenvalue weighted by atomic mass is 16.4. The van der Waals surface area contributed by atoms with Crippen molar-refractivity contribution in [2.75, 3.05) is 20.6 Å². The first-order valence-corrected chi connectivity index (χ1v) is 10.6. The van der Waals surface area contributed by atoms with Crippen LogP contribution in [0.5, 0.6) is 0 Å². The highest BCUT2D eigenvalue weighted by Gasteiger charge is 2.40. The third-order valence-corrected chi connectivity index (χ3v) is 5.62. The molecule has 1 atom stereocenters. The molecule has 0 spiro atoms. The summed E-state index contributed by atoms with van der Waals surface area (Å²) in [5.74, 6) is -3.33. The molecule has 1 aromatic rings. The van der Waals surface area contributed by atoms with Gasteiger partial charge in [-0.2, -0.15) is 0 Å². The van der Waals surface area contributed by atoms with E-state index < -0.39 is 36.4 Å². The third kappa shape index (κ3) is 9.93. The summed E-state index contributed by atoms with van der Waals surface area (Å²) in [7, 11) is 4.37. The lowest BCUT2D eigenvalue weighted by Gasteiger charge is -2.31. The predicted molar refractivity (Wildman–Crippen MR) is 116 cm³/mol. The molecule has 0 unspecified atom stereocenters. The van der Waals surface area contributed by atoms with Gasteiger partial charge in [0.2, 0.25) is 0 Å². The maximum Gasteiger partial charge on any atom is 0.336 e. The van der Waals surface area contributed by atoms with Gasteiger partial charge in [0, 0.05) is 0 Å². The number of aliphatic carboxylic acids is 3. The van der Waals surface area contributed by atoms with Gasteiger partial charge in [-0.05, 0) is 57.3 Å². The van der Waals surface area contributed by atoms with Gasteiger partial charge in [-0.15, -0.1) is 0 Å². The van der Waals surface area contributed by atoms with Crippen LogP contribution in [0.3, 0.4) is 0 Å². The molecule has 8 nitrogen and oxygen atoms in total. The monoisotopic (exact) mass is 437 g/mol. The van der Waals surface area contributed by atoms with Crippen LogP contribution in [0, 0.1) is 5.92 Å². The molecule has 1 aliphatic carbocycles. The van der Waals surface area contributed by atoms with Gasteiger partial charge in [-0.25, -0.2) is 4.79 Å². The van der Waals surface area contributed by atoms with Gasteiger partial charge in [0.1, 0.15) is 0 Å². The number of nitrogens with zero attached hydrogens (tertiary/aromatic N) is 1. The largest absolute Gasteiger partial charge is 0.481 e. The number of hydrogen-bond donors (Lipinski definition) is 4. The Balaban J connectivity index is 0.000000330. The van der Waals surface area contributed by atoms with Gasteiger partial charge in [0.15, 0.2) is 5.60 Å². The van der Waals surface area contributed by atoms with Crippen LogP contribution >= 0.6 is 0 Å². The van der Waals surface area contributed by atoms with Gasteiger partial charge in [0.25, 0.3) is 0 Å². The van der Waals surface area contributed by atoms with Crippen molar-refractivity contribution in [3.05, 3.63) is 35.9 Å². The number of carboxylic acids is 3. The van der Waals surface area contributed by atoms with E-state index in [1.54, 1.807) is 5.56 Å². The zero-order valence-corrected chi connectivity index (χ0v) is 18.4. The summed E-state index contributed by atoms with van der Waals surface area (Å²) in [6.45, 7) is 1.20. The van der Waals surface area contributed by atoms with Crippen LogP contribution in [-0.4, -0.2) is 69.5 Å². The first kappa shape index (κ1) is 26.6. The van der Waals surface area contributed by atoms with Crippen molar-refractivity contribution in [3.8, 4) is 0 Å². The lowest BCUT2D eigenvalue weighted by molar-refractivity contribution is -0.170. The molecule has 0 aromatic heterocycles. The topological polar surface area (TPSA) is 135 Å². The fourth-order valence-corrected chi connectivity index (χ4v) is 4.02. The van der Waals surface area contributed by atoms with Crippen molar-refractivity contribution < 1.29 is 34.8 Å². The van der Waals surface area contributed by atoms with Crippen LogP contribution in [0.1, 0.15) is 62.8 Å². The molecule has 0 aliphatic heterocycles. The number of benzene rings is 1. The molecule has 0 saturated heterocycles. The van der Waals surface area contributed by atoms with E-state index in [4.69, 9.17) is 20.4 Å². The smallest absolute Gasteiger partial charge is 0.336 e. The molecule has 31 heavy (non-hydrogen) atoms. The zero-order valence-electron chi connectivity index (χ0n) is 18.4.